The fourth-order valence-electron chi connectivity index (χ4n) is 2.44. The van der Waals surface area contributed by atoms with Crippen LogP contribution in [0.25, 0.3) is 0 Å². The van der Waals surface area contributed by atoms with Crippen LogP contribution in [0.5, 0.6) is 0 Å². The van der Waals surface area contributed by atoms with E-state index in [4.69, 9.17) is 5.73 Å². The van der Waals surface area contributed by atoms with Crippen molar-refractivity contribution in [3.8, 4) is 0 Å². The van der Waals surface area contributed by atoms with Gasteiger partial charge in [0.05, 0.1) is 0 Å². The number of hydrogen-bond acceptors (Lipinski definition) is 2. The molecule has 1 heterocycles. The second kappa shape index (κ2) is 4.43. The average molecular weight is 184 g/mol. The summed E-state index contributed by atoms with van der Waals surface area (Å²) in [5.74, 6) is 1.66. The molecule has 1 fully saturated rings. The van der Waals surface area contributed by atoms with E-state index in [2.05, 4.69) is 32.6 Å². The van der Waals surface area contributed by atoms with Crippen molar-refractivity contribution >= 4 is 0 Å². The molecule has 0 aromatic carbocycles. The zero-order valence-corrected chi connectivity index (χ0v) is 9.46. The molecule has 1 rings (SSSR count). The maximum Gasteiger partial charge on any atom is 0.0139 e. The molecule has 0 amide bonds. The van der Waals surface area contributed by atoms with Gasteiger partial charge in [0.15, 0.2) is 0 Å². The minimum Gasteiger partial charge on any atom is -0.327 e. The first kappa shape index (κ1) is 11.0. The van der Waals surface area contributed by atoms with Gasteiger partial charge in [0.2, 0.25) is 0 Å². The van der Waals surface area contributed by atoms with Crippen LogP contribution in [0, 0.1) is 11.8 Å². The minimum atomic E-state index is 0.306. The Balaban J connectivity index is 2.50. The number of piperidine rings is 1. The van der Waals surface area contributed by atoms with Gasteiger partial charge in [-0.05, 0) is 32.1 Å². The van der Waals surface area contributed by atoms with E-state index >= 15 is 0 Å². The SMILES string of the molecule is CC1CC(C)C(C)N(C[C@H](C)N)C1. The van der Waals surface area contributed by atoms with E-state index in [1.54, 1.807) is 0 Å². The Morgan fingerprint density at radius 3 is 2.54 bits per heavy atom. The van der Waals surface area contributed by atoms with Crippen LogP contribution in [-0.4, -0.2) is 30.1 Å². The third-order valence-corrected chi connectivity index (χ3v) is 3.24. The van der Waals surface area contributed by atoms with Gasteiger partial charge in [0, 0.05) is 25.2 Å². The van der Waals surface area contributed by atoms with E-state index in [1.165, 1.54) is 13.0 Å². The molecule has 1 saturated heterocycles. The number of nitrogens with two attached hydrogens (primary N) is 1. The molecule has 0 spiro atoms. The van der Waals surface area contributed by atoms with Crippen molar-refractivity contribution in [3.05, 3.63) is 0 Å². The summed E-state index contributed by atoms with van der Waals surface area (Å²) in [5, 5.41) is 0. The molecule has 2 N–H and O–H groups in total. The molecule has 3 unspecified atom stereocenters. The molecule has 2 heteroatoms. The van der Waals surface area contributed by atoms with E-state index < -0.39 is 0 Å². The highest BCUT2D eigenvalue weighted by atomic mass is 15.2. The largest absolute Gasteiger partial charge is 0.327 e. The van der Waals surface area contributed by atoms with Gasteiger partial charge < -0.3 is 5.73 Å². The highest BCUT2D eigenvalue weighted by Gasteiger charge is 2.28. The average Bonchev–Trinajstić information content (AvgIpc) is 1.98. The zero-order chi connectivity index (χ0) is 10.0. The lowest BCUT2D eigenvalue weighted by Gasteiger charge is -2.41. The topological polar surface area (TPSA) is 29.3 Å². The van der Waals surface area contributed by atoms with Gasteiger partial charge in [-0.15, -0.1) is 0 Å². The molecule has 0 saturated carbocycles. The van der Waals surface area contributed by atoms with Gasteiger partial charge >= 0.3 is 0 Å². The fraction of sp³-hybridized carbons (Fsp3) is 1.00. The molecule has 78 valence electrons. The molecule has 0 radical (unpaired) electrons. The van der Waals surface area contributed by atoms with Crippen LogP contribution < -0.4 is 5.73 Å². The van der Waals surface area contributed by atoms with E-state index in [9.17, 15) is 0 Å². The minimum absolute atomic E-state index is 0.306. The lowest BCUT2D eigenvalue weighted by Crippen LogP contribution is -2.49. The van der Waals surface area contributed by atoms with Gasteiger partial charge in [-0.3, -0.25) is 4.90 Å². The number of hydrogen-bond donors (Lipinski definition) is 1. The molecule has 0 aromatic rings. The summed E-state index contributed by atoms with van der Waals surface area (Å²) in [6.07, 6.45) is 1.37. The van der Waals surface area contributed by atoms with Crippen molar-refractivity contribution in [1.82, 2.24) is 4.90 Å². The molecule has 0 aliphatic carbocycles. The Hall–Kier alpha value is -0.0800. The van der Waals surface area contributed by atoms with Gasteiger partial charge in [-0.25, -0.2) is 0 Å². The van der Waals surface area contributed by atoms with Crippen LogP contribution in [0.2, 0.25) is 0 Å². The Morgan fingerprint density at radius 2 is 2.00 bits per heavy atom. The van der Waals surface area contributed by atoms with Crippen molar-refractivity contribution in [2.24, 2.45) is 17.6 Å². The summed E-state index contributed by atoms with van der Waals surface area (Å²) in [7, 11) is 0. The first-order valence-electron chi connectivity index (χ1n) is 5.50. The number of likely N-dealkylation sites (tertiary alicyclic amines) is 1. The van der Waals surface area contributed by atoms with E-state index in [-0.39, 0.29) is 0 Å². The second-order valence-electron chi connectivity index (χ2n) is 4.99. The Morgan fingerprint density at radius 1 is 1.38 bits per heavy atom. The van der Waals surface area contributed by atoms with E-state index in [0.717, 1.165) is 18.4 Å². The van der Waals surface area contributed by atoms with Crippen molar-refractivity contribution in [2.75, 3.05) is 13.1 Å². The van der Waals surface area contributed by atoms with Crippen molar-refractivity contribution in [3.63, 3.8) is 0 Å². The molecule has 0 aromatic heterocycles. The van der Waals surface area contributed by atoms with Crippen molar-refractivity contribution in [1.29, 1.82) is 0 Å². The van der Waals surface area contributed by atoms with Crippen LogP contribution >= 0.6 is 0 Å². The van der Waals surface area contributed by atoms with Crippen LogP contribution in [0.1, 0.15) is 34.1 Å². The smallest absolute Gasteiger partial charge is 0.0139 e. The second-order valence-corrected chi connectivity index (χ2v) is 4.99. The molecular formula is C11H24N2. The molecular weight excluding hydrogens is 160 g/mol. The summed E-state index contributed by atoms with van der Waals surface area (Å²) >= 11 is 0. The molecule has 2 nitrogen and oxygen atoms in total. The van der Waals surface area contributed by atoms with Crippen LogP contribution in [0.15, 0.2) is 0 Å². The number of rotatable bonds is 2. The zero-order valence-electron chi connectivity index (χ0n) is 9.46. The van der Waals surface area contributed by atoms with E-state index in [1.807, 2.05) is 0 Å². The van der Waals surface area contributed by atoms with Crippen molar-refractivity contribution in [2.45, 2.75) is 46.2 Å². The first-order chi connectivity index (χ1) is 6.00. The van der Waals surface area contributed by atoms with Gasteiger partial charge in [0.1, 0.15) is 0 Å². The lowest BCUT2D eigenvalue weighted by molar-refractivity contribution is 0.0758. The Bertz CT molecular complexity index is 154. The normalized spacial score (nSPS) is 39.0. The van der Waals surface area contributed by atoms with Crippen LogP contribution in [0.3, 0.4) is 0 Å². The third-order valence-electron chi connectivity index (χ3n) is 3.24. The summed E-state index contributed by atoms with van der Waals surface area (Å²) in [6, 6.07) is 1.02. The predicted molar refractivity (Wildman–Crippen MR) is 57.6 cm³/mol. The summed E-state index contributed by atoms with van der Waals surface area (Å²) < 4.78 is 0. The highest BCUT2D eigenvalue weighted by Crippen LogP contribution is 2.26. The lowest BCUT2D eigenvalue weighted by atomic mass is 9.86. The summed E-state index contributed by atoms with van der Waals surface area (Å²) in [5.41, 5.74) is 5.83. The molecule has 1 aliphatic rings. The summed E-state index contributed by atoms with van der Waals surface area (Å²) in [4.78, 5) is 2.55. The maximum atomic E-state index is 5.83. The van der Waals surface area contributed by atoms with Gasteiger partial charge in [-0.1, -0.05) is 13.8 Å². The van der Waals surface area contributed by atoms with Crippen molar-refractivity contribution < 1.29 is 0 Å². The molecule has 0 bridgehead atoms. The molecule has 4 atom stereocenters. The van der Waals surface area contributed by atoms with Crippen LogP contribution in [-0.2, 0) is 0 Å². The predicted octanol–water partition coefficient (Wildman–Crippen LogP) is 1.70. The van der Waals surface area contributed by atoms with Gasteiger partial charge in [-0.2, -0.15) is 0 Å². The maximum absolute atomic E-state index is 5.83. The Labute approximate surface area is 82.5 Å². The van der Waals surface area contributed by atoms with Crippen LogP contribution in [0.4, 0.5) is 0 Å². The fourth-order valence-corrected chi connectivity index (χ4v) is 2.44. The highest BCUT2D eigenvalue weighted by molar-refractivity contribution is 4.83. The molecule has 13 heavy (non-hydrogen) atoms. The van der Waals surface area contributed by atoms with E-state index in [0.29, 0.717) is 12.1 Å². The molecule has 1 aliphatic heterocycles. The quantitative estimate of drug-likeness (QED) is 0.708. The van der Waals surface area contributed by atoms with Gasteiger partial charge in [0.25, 0.3) is 0 Å². The first-order valence-corrected chi connectivity index (χ1v) is 5.50. The Kier molecular flexibility index (Phi) is 3.74. The summed E-state index contributed by atoms with van der Waals surface area (Å²) in [6.45, 7) is 11.4. The monoisotopic (exact) mass is 184 g/mol. The third kappa shape index (κ3) is 2.96. The number of nitrogens with zero attached hydrogens (tertiary/aromatic N) is 1. The standard InChI is InChI=1S/C11H24N2/c1-8-5-9(2)11(4)13(6-8)7-10(3)12/h8-11H,5-7,12H2,1-4H3/t8?,9?,10-,11?/m0/s1.